The molecule has 3 aromatic rings. The average molecular weight is 458 g/mol. The first-order chi connectivity index (χ1) is 14.9. The lowest BCUT2D eigenvalue weighted by Gasteiger charge is -2.34. The number of imidazole rings is 1. The molecule has 9 heteroatoms. The molecule has 8 nitrogen and oxygen atoms in total. The largest absolute Gasteiger partial charge is 0.369 e. The maximum Gasteiger partial charge on any atom is 0.330 e. The summed E-state index contributed by atoms with van der Waals surface area (Å²) in [6.45, 7) is 9.30. The molecule has 0 bridgehead atoms. The highest BCUT2D eigenvalue weighted by atomic mass is 32.2. The number of sulfonamides is 1. The molecule has 0 N–H and O–H groups in total. The van der Waals surface area contributed by atoms with Gasteiger partial charge in [-0.05, 0) is 29.7 Å². The van der Waals surface area contributed by atoms with E-state index < -0.39 is 10.0 Å². The molecule has 0 spiro atoms. The Bertz CT molecular complexity index is 1290. The van der Waals surface area contributed by atoms with Gasteiger partial charge in [-0.15, -0.1) is 0 Å². The fraction of sp³-hybridized carbons (Fsp3) is 0.478. The Morgan fingerprint density at radius 2 is 1.59 bits per heavy atom. The summed E-state index contributed by atoms with van der Waals surface area (Å²) in [7, 11) is -1.37. The molecule has 1 saturated heterocycles. The van der Waals surface area contributed by atoms with Crippen LogP contribution in [0.5, 0.6) is 0 Å². The molecule has 0 atom stereocenters. The van der Waals surface area contributed by atoms with Crippen LogP contribution in [0.1, 0.15) is 20.8 Å². The van der Waals surface area contributed by atoms with Crippen molar-refractivity contribution in [2.24, 2.45) is 12.5 Å². The third-order valence-electron chi connectivity index (χ3n) is 5.85. The monoisotopic (exact) mass is 457 g/mol. The zero-order chi connectivity index (χ0) is 23.3. The van der Waals surface area contributed by atoms with E-state index in [1.807, 2.05) is 36.4 Å². The second kappa shape index (κ2) is 8.04. The van der Waals surface area contributed by atoms with Crippen LogP contribution in [0.4, 0.5) is 5.69 Å². The summed E-state index contributed by atoms with van der Waals surface area (Å²) in [5, 5.41) is 0. The SMILES string of the molecule is Cn1c(=O)n(CC(C)(C)C)c2ccc(-c3ccc(N4CCN(S(C)(=O)=O)CC4)cc3)nc21. The molecule has 1 aliphatic heterocycles. The summed E-state index contributed by atoms with van der Waals surface area (Å²) in [5.41, 5.74) is 4.30. The van der Waals surface area contributed by atoms with Crippen LogP contribution < -0.4 is 10.6 Å². The van der Waals surface area contributed by atoms with Gasteiger partial charge < -0.3 is 4.90 Å². The van der Waals surface area contributed by atoms with E-state index in [0.717, 1.165) is 22.5 Å². The number of hydrogen-bond acceptors (Lipinski definition) is 5. The van der Waals surface area contributed by atoms with Gasteiger partial charge in [0.15, 0.2) is 5.65 Å². The number of aromatic nitrogens is 3. The van der Waals surface area contributed by atoms with Crippen molar-refractivity contribution in [3.05, 3.63) is 46.9 Å². The van der Waals surface area contributed by atoms with Crippen molar-refractivity contribution in [1.29, 1.82) is 0 Å². The molecule has 0 radical (unpaired) electrons. The highest BCUT2D eigenvalue weighted by Crippen LogP contribution is 2.26. The number of fused-ring (bicyclic) bond motifs is 1. The maximum absolute atomic E-state index is 12.8. The number of hydrogen-bond donors (Lipinski definition) is 0. The smallest absolute Gasteiger partial charge is 0.330 e. The van der Waals surface area contributed by atoms with Gasteiger partial charge in [0.2, 0.25) is 10.0 Å². The number of piperazine rings is 1. The lowest BCUT2D eigenvalue weighted by molar-refractivity contribution is 0.342. The first-order valence-electron chi connectivity index (χ1n) is 10.8. The fourth-order valence-electron chi connectivity index (χ4n) is 4.18. The van der Waals surface area contributed by atoms with Gasteiger partial charge in [0.05, 0.1) is 17.5 Å². The van der Waals surface area contributed by atoms with Crippen LogP contribution in [0.2, 0.25) is 0 Å². The minimum absolute atomic E-state index is 0.0145. The highest BCUT2D eigenvalue weighted by Gasteiger charge is 2.23. The summed E-state index contributed by atoms with van der Waals surface area (Å²) >= 11 is 0. The van der Waals surface area contributed by atoms with E-state index in [2.05, 4.69) is 25.7 Å². The van der Waals surface area contributed by atoms with Gasteiger partial charge in [0, 0.05) is 51.0 Å². The van der Waals surface area contributed by atoms with E-state index in [0.29, 0.717) is 38.4 Å². The van der Waals surface area contributed by atoms with Crippen LogP contribution in [0.15, 0.2) is 41.2 Å². The fourth-order valence-corrected chi connectivity index (χ4v) is 5.01. The number of rotatable bonds is 4. The van der Waals surface area contributed by atoms with E-state index in [9.17, 15) is 13.2 Å². The average Bonchev–Trinajstić information content (AvgIpc) is 2.96. The van der Waals surface area contributed by atoms with Crippen molar-refractivity contribution in [2.45, 2.75) is 27.3 Å². The summed E-state index contributed by atoms with van der Waals surface area (Å²) in [4.78, 5) is 19.7. The number of pyridine rings is 1. The molecule has 3 heterocycles. The molecular weight excluding hydrogens is 426 g/mol. The van der Waals surface area contributed by atoms with Gasteiger partial charge in [-0.1, -0.05) is 32.9 Å². The molecule has 0 saturated carbocycles. The molecule has 0 unspecified atom stereocenters. The van der Waals surface area contributed by atoms with Crippen LogP contribution in [-0.4, -0.2) is 59.3 Å². The summed E-state index contributed by atoms with van der Waals surface area (Å²) in [6, 6.07) is 12.1. The second-order valence-electron chi connectivity index (χ2n) is 9.72. The van der Waals surface area contributed by atoms with E-state index >= 15 is 0 Å². The molecule has 2 aromatic heterocycles. The lowest BCUT2D eigenvalue weighted by Crippen LogP contribution is -2.48. The molecule has 1 fully saturated rings. The van der Waals surface area contributed by atoms with Crippen molar-refractivity contribution < 1.29 is 8.42 Å². The Kier molecular flexibility index (Phi) is 5.67. The quantitative estimate of drug-likeness (QED) is 0.602. The summed E-state index contributed by atoms with van der Waals surface area (Å²) in [5.74, 6) is 0. The van der Waals surface area contributed by atoms with Gasteiger partial charge in [0.25, 0.3) is 0 Å². The number of nitrogens with zero attached hydrogens (tertiary/aromatic N) is 5. The van der Waals surface area contributed by atoms with Gasteiger partial charge >= 0.3 is 5.69 Å². The molecule has 1 aliphatic rings. The molecule has 1 aromatic carbocycles. The Morgan fingerprint density at radius 1 is 0.969 bits per heavy atom. The van der Waals surface area contributed by atoms with E-state index in [1.165, 1.54) is 10.6 Å². The van der Waals surface area contributed by atoms with Crippen molar-refractivity contribution in [2.75, 3.05) is 37.3 Å². The lowest BCUT2D eigenvalue weighted by atomic mass is 9.97. The van der Waals surface area contributed by atoms with Crippen molar-refractivity contribution in [3.8, 4) is 11.3 Å². The predicted octanol–water partition coefficient (Wildman–Crippen LogP) is 2.53. The number of benzene rings is 1. The van der Waals surface area contributed by atoms with Crippen molar-refractivity contribution >= 4 is 26.9 Å². The Morgan fingerprint density at radius 3 is 2.16 bits per heavy atom. The first kappa shape index (κ1) is 22.5. The van der Waals surface area contributed by atoms with Crippen molar-refractivity contribution in [1.82, 2.24) is 18.4 Å². The minimum Gasteiger partial charge on any atom is -0.369 e. The molecular formula is C23H31N5O3S. The third kappa shape index (κ3) is 4.45. The van der Waals surface area contributed by atoms with Crippen LogP contribution in [0.3, 0.4) is 0 Å². The molecule has 0 aliphatic carbocycles. The normalized spacial score (nSPS) is 16.1. The van der Waals surface area contributed by atoms with Crippen LogP contribution in [0.25, 0.3) is 22.4 Å². The van der Waals surface area contributed by atoms with E-state index in [-0.39, 0.29) is 11.1 Å². The Labute approximate surface area is 189 Å². The van der Waals surface area contributed by atoms with E-state index in [1.54, 1.807) is 16.2 Å². The second-order valence-corrected chi connectivity index (χ2v) is 11.7. The predicted molar refractivity (Wildman–Crippen MR) is 128 cm³/mol. The molecule has 32 heavy (non-hydrogen) atoms. The van der Waals surface area contributed by atoms with Crippen LogP contribution in [0, 0.1) is 5.41 Å². The standard InChI is InChI=1S/C23H31N5O3S/c1-23(2,3)16-28-20-11-10-19(24-21(20)25(4)22(28)29)17-6-8-18(9-7-17)26-12-14-27(15-13-26)32(5,30)31/h6-11H,12-16H2,1-5H3. The zero-order valence-electron chi connectivity index (χ0n) is 19.4. The summed E-state index contributed by atoms with van der Waals surface area (Å²) < 4.78 is 28.4. The van der Waals surface area contributed by atoms with Crippen LogP contribution in [-0.2, 0) is 23.6 Å². The summed E-state index contributed by atoms with van der Waals surface area (Å²) in [6.07, 6.45) is 1.26. The number of anilines is 1. The highest BCUT2D eigenvalue weighted by molar-refractivity contribution is 7.88. The minimum atomic E-state index is -3.14. The topological polar surface area (TPSA) is 80.4 Å². The van der Waals surface area contributed by atoms with E-state index in [4.69, 9.17) is 4.98 Å². The van der Waals surface area contributed by atoms with Gasteiger partial charge in [0.1, 0.15) is 0 Å². The number of aryl methyl sites for hydroxylation is 1. The van der Waals surface area contributed by atoms with Gasteiger partial charge in [-0.2, -0.15) is 4.31 Å². The third-order valence-corrected chi connectivity index (χ3v) is 7.15. The van der Waals surface area contributed by atoms with Gasteiger partial charge in [-0.3, -0.25) is 9.13 Å². The van der Waals surface area contributed by atoms with Gasteiger partial charge in [-0.25, -0.2) is 18.2 Å². The first-order valence-corrected chi connectivity index (χ1v) is 12.7. The Hall–Kier alpha value is -2.65. The molecule has 0 amide bonds. The molecule has 172 valence electrons. The maximum atomic E-state index is 12.8. The van der Waals surface area contributed by atoms with Crippen molar-refractivity contribution in [3.63, 3.8) is 0 Å². The molecule has 4 rings (SSSR count). The zero-order valence-corrected chi connectivity index (χ0v) is 20.2. The Balaban J connectivity index is 1.58. The van der Waals surface area contributed by atoms with Crippen LogP contribution >= 0.6 is 0 Å².